The van der Waals surface area contributed by atoms with Gasteiger partial charge in [-0.25, -0.2) is 0 Å². The molecule has 1 aliphatic rings. The van der Waals surface area contributed by atoms with E-state index in [9.17, 15) is 9.59 Å². The van der Waals surface area contributed by atoms with E-state index in [2.05, 4.69) is 9.88 Å². The van der Waals surface area contributed by atoms with Crippen molar-refractivity contribution in [1.82, 2.24) is 14.8 Å². The Hall–Kier alpha value is -3.28. The highest BCUT2D eigenvalue weighted by Crippen LogP contribution is 2.26. The van der Waals surface area contributed by atoms with E-state index in [1.807, 2.05) is 54.7 Å². The Kier molecular flexibility index (Phi) is 4.77. The van der Waals surface area contributed by atoms with Crippen LogP contribution < -0.4 is 10.1 Å². The number of rotatable bonds is 6. The van der Waals surface area contributed by atoms with Crippen molar-refractivity contribution >= 4 is 22.7 Å². The second-order valence-electron chi connectivity index (χ2n) is 6.96. The van der Waals surface area contributed by atoms with E-state index in [-0.39, 0.29) is 11.8 Å². The molecule has 1 N–H and O–H groups in total. The number of hydrogen-bond acceptors (Lipinski definition) is 3. The normalized spacial score (nSPS) is 14.2. The van der Waals surface area contributed by atoms with Gasteiger partial charge in [0.05, 0.1) is 12.6 Å². The van der Waals surface area contributed by atoms with Crippen molar-refractivity contribution in [3.63, 3.8) is 0 Å². The fourth-order valence-corrected chi connectivity index (χ4v) is 3.75. The first-order valence-electron chi connectivity index (χ1n) is 9.38. The fraction of sp³-hybridized carbons (Fsp3) is 0.273. The zero-order valence-corrected chi connectivity index (χ0v) is 16.0. The van der Waals surface area contributed by atoms with Gasteiger partial charge in [0.2, 0.25) is 5.91 Å². The van der Waals surface area contributed by atoms with E-state index in [0.29, 0.717) is 25.2 Å². The molecule has 0 aliphatic carbocycles. The highest BCUT2D eigenvalue weighted by atomic mass is 16.5. The lowest BCUT2D eigenvalue weighted by atomic mass is 10.1. The summed E-state index contributed by atoms with van der Waals surface area (Å²) in [5, 5.41) is 4.00. The van der Waals surface area contributed by atoms with Crippen molar-refractivity contribution in [3.8, 4) is 5.75 Å². The third-order valence-electron chi connectivity index (χ3n) is 5.34. The van der Waals surface area contributed by atoms with Crippen molar-refractivity contribution in [2.24, 2.45) is 0 Å². The van der Waals surface area contributed by atoms with Gasteiger partial charge in [0.15, 0.2) is 0 Å². The highest BCUT2D eigenvalue weighted by Gasteiger charge is 2.33. The first-order chi connectivity index (χ1) is 13.6. The van der Waals surface area contributed by atoms with E-state index in [1.165, 1.54) is 0 Å². The Morgan fingerprint density at radius 2 is 2.00 bits per heavy atom. The maximum Gasteiger partial charge on any atom is 0.255 e. The van der Waals surface area contributed by atoms with Crippen LogP contribution in [0, 0.1) is 0 Å². The summed E-state index contributed by atoms with van der Waals surface area (Å²) in [6.45, 7) is 3.38. The van der Waals surface area contributed by atoms with Crippen LogP contribution in [0.25, 0.3) is 10.9 Å². The summed E-state index contributed by atoms with van der Waals surface area (Å²) in [6, 6.07) is 14.9. The van der Waals surface area contributed by atoms with Gasteiger partial charge in [-0.05, 0) is 36.8 Å². The molecule has 6 heteroatoms. The van der Waals surface area contributed by atoms with Crippen molar-refractivity contribution in [1.29, 1.82) is 0 Å². The minimum Gasteiger partial charge on any atom is -0.496 e. The summed E-state index contributed by atoms with van der Waals surface area (Å²) < 4.78 is 7.47. The molecule has 4 rings (SSSR count). The zero-order chi connectivity index (χ0) is 19.7. The average Bonchev–Trinajstić information content (AvgIpc) is 3.29. The molecule has 0 saturated carbocycles. The van der Waals surface area contributed by atoms with Crippen LogP contribution in [0.15, 0.2) is 54.7 Å². The van der Waals surface area contributed by atoms with Crippen molar-refractivity contribution in [2.75, 3.05) is 13.7 Å². The molecule has 2 heterocycles. The van der Waals surface area contributed by atoms with Crippen LogP contribution in [0.4, 0.5) is 0 Å². The predicted octanol–water partition coefficient (Wildman–Crippen LogP) is 2.81. The average molecular weight is 377 g/mol. The molecule has 6 nitrogen and oxygen atoms in total. The molecular formula is C22H23N3O3. The van der Waals surface area contributed by atoms with E-state index in [1.54, 1.807) is 18.9 Å². The number of benzene rings is 2. The highest BCUT2D eigenvalue weighted by molar-refractivity contribution is 6.01. The lowest BCUT2D eigenvalue weighted by Crippen LogP contribution is -2.45. The standard InChI is InChI=1S/C22H23N3O3/c1-15(25-14-16-6-3-4-7-17(16)22(25)27)21(26)23-11-13-24-12-10-18-19(24)8-5-9-20(18)28-2/h3-10,12,15H,11,13-14H2,1-2H3,(H,23,26)/t15-/m1/s1. The van der Waals surface area contributed by atoms with Gasteiger partial charge >= 0.3 is 0 Å². The smallest absolute Gasteiger partial charge is 0.255 e. The molecule has 1 aromatic heterocycles. The third kappa shape index (κ3) is 3.11. The van der Waals surface area contributed by atoms with Gasteiger partial charge in [0.25, 0.3) is 5.91 Å². The molecule has 0 radical (unpaired) electrons. The monoisotopic (exact) mass is 377 g/mol. The number of amides is 2. The van der Waals surface area contributed by atoms with Gasteiger partial charge in [0.1, 0.15) is 11.8 Å². The van der Waals surface area contributed by atoms with Crippen molar-refractivity contribution in [3.05, 3.63) is 65.9 Å². The summed E-state index contributed by atoms with van der Waals surface area (Å²) in [5.41, 5.74) is 2.72. The van der Waals surface area contributed by atoms with Crippen LogP contribution >= 0.6 is 0 Å². The molecule has 0 unspecified atom stereocenters. The topological polar surface area (TPSA) is 63.6 Å². The minimum atomic E-state index is -0.513. The zero-order valence-electron chi connectivity index (χ0n) is 16.0. The van der Waals surface area contributed by atoms with Gasteiger partial charge in [-0.2, -0.15) is 0 Å². The van der Waals surface area contributed by atoms with Gasteiger partial charge in [-0.15, -0.1) is 0 Å². The van der Waals surface area contributed by atoms with Gasteiger partial charge in [-0.3, -0.25) is 9.59 Å². The lowest BCUT2D eigenvalue weighted by molar-refractivity contribution is -0.125. The Morgan fingerprint density at radius 3 is 2.79 bits per heavy atom. The molecule has 2 aromatic carbocycles. The van der Waals surface area contributed by atoms with E-state index in [4.69, 9.17) is 4.74 Å². The number of fused-ring (bicyclic) bond motifs is 2. The number of carbonyl (C=O) groups excluding carboxylic acids is 2. The van der Waals surface area contributed by atoms with Crippen LogP contribution in [0.5, 0.6) is 5.75 Å². The number of methoxy groups -OCH3 is 1. The number of aromatic nitrogens is 1. The van der Waals surface area contributed by atoms with Gasteiger partial charge in [-0.1, -0.05) is 24.3 Å². The van der Waals surface area contributed by atoms with Gasteiger partial charge in [0, 0.05) is 36.8 Å². The maximum atomic E-state index is 12.6. The second-order valence-corrected chi connectivity index (χ2v) is 6.96. The quantitative estimate of drug-likeness (QED) is 0.718. The molecule has 2 amide bonds. The van der Waals surface area contributed by atoms with Crippen molar-refractivity contribution in [2.45, 2.75) is 26.1 Å². The Balaban J connectivity index is 1.37. The van der Waals surface area contributed by atoms with Crippen LogP contribution in [-0.2, 0) is 17.9 Å². The number of nitrogens with one attached hydrogen (secondary N) is 1. The predicted molar refractivity (Wildman–Crippen MR) is 107 cm³/mol. The van der Waals surface area contributed by atoms with E-state index >= 15 is 0 Å². The maximum absolute atomic E-state index is 12.6. The molecule has 144 valence electrons. The third-order valence-corrected chi connectivity index (χ3v) is 5.34. The molecule has 0 bridgehead atoms. The van der Waals surface area contributed by atoms with Gasteiger partial charge < -0.3 is 19.5 Å². The second kappa shape index (κ2) is 7.38. The fourth-order valence-electron chi connectivity index (χ4n) is 3.75. The van der Waals surface area contributed by atoms with Crippen LogP contribution in [-0.4, -0.2) is 41.0 Å². The summed E-state index contributed by atoms with van der Waals surface area (Å²) in [4.78, 5) is 26.7. The summed E-state index contributed by atoms with van der Waals surface area (Å²) in [7, 11) is 1.66. The first kappa shape index (κ1) is 18.1. The number of nitrogens with zero attached hydrogens (tertiary/aromatic N) is 2. The molecule has 0 spiro atoms. The summed E-state index contributed by atoms with van der Waals surface area (Å²) >= 11 is 0. The SMILES string of the molecule is COc1cccc2c1ccn2CCNC(=O)[C@@H](C)N1Cc2ccccc2C1=O. The van der Waals surface area contributed by atoms with E-state index in [0.717, 1.165) is 22.2 Å². The molecule has 1 atom stereocenters. The van der Waals surface area contributed by atoms with Crippen LogP contribution in [0.2, 0.25) is 0 Å². The largest absolute Gasteiger partial charge is 0.496 e. The Morgan fingerprint density at radius 1 is 1.18 bits per heavy atom. The molecule has 0 saturated heterocycles. The minimum absolute atomic E-state index is 0.0817. The van der Waals surface area contributed by atoms with Crippen molar-refractivity contribution < 1.29 is 14.3 Å². The van der Waals surface area contributed by atoms with Crippen LogP contribution in [0.1, 0.15) is 22.8 Å². The summed E-state index contributed by atoms with van der Waals surface area (Å²) in [5.74, 6) is 0.609. The molecular weight excluding hydrogens is 354 g/mol. The number of ether oxygens (including phenoxy) is 1. The molecule has 28 heavy (non-hydrogen) atoms. The first-order valence-corrected chi connectivity index (χ1v) is 9.38. The number of hydrogen-bond donors (Lipinski definition) is 1. The molecule has 0 fully saturated rings. The number of carbonyl (C=O) groups is 2. The Labute approximate surface area is 163 Å². The van der Waals surface area contributed by atoms with E-state index < -0.39 is 6.04 Å². The van der Waals surface area contributed by atoms with Crippen LogP contribution in [0.3, 0.4) is 0 Å². The Bertz CT molecular complexity index is 1040. The molecule has 3 aromatic rings. The molecule has 1 aliphatic heterocycles. The lowest BCUT2D eigenvalue weighted by Gasteiger charge is -2.23. The summed E-state index contributed by atoms with van der Waals surface area (Å²) in [6.07, 6.45) is 1.99.